The molecule has 2 amide bonds. The number of nitrogens with one attached hydrogen (secondary N) is 3. The van der Waals surface area contributed by atoms with Gasteiger partial charge in [-0.05, 0) is 42.8 Å². The molecule has 0 aliphatic carbocycles. The molecule has 0 aliphatic heterocycles. The third-order valence-electron chi connectivity index (χ3n) is 3.63. The minimum atomic E-state index is -0.288. The normalized spacial score (nSPS) is 10.7. The van der Waals surface area contributed by atoms with E-state index in [0.717, 1.165) is 11.0 Å². The number of aromatic amines is 1. The number of fused-ring (bicyclic) bond motifs is 1. The van der Waals surface area contributed by atoms with Gasteiger partial charge in [0, 0.05) is 23.8 Å². The highest BCUT2D eigenvalue weighted by molar-refractivity contribution is 6.30. The van der Waals surface area contributed by atoms with Crippen LogP contribution in [0.1, 0.15) is 6.42 Å². The van der Waals surface area contributed by atoms with Gasteiger partial charge in [0.05, 0.1) is 11.0 Å². The Bertz CT molecular complexity index is 899. The third-order valence-corrected chi connectivity index (χ3v) is 3.88. The molecule has 0 saturated carbocycles. The molecule has 1 aromatic heterocycles. The molecule has 0 aliphatic rings. The van der Waals surface area contributed by atoms with Crippen LogP contribution in [-0.4, -0.2) is 22.1 Å². The van der Waals surface area contributed by atoms with Gasteiger partial charge in [0.15, 0.2) is 0 Å². The standard InChI is InChI=1S/C17H17ClN4O2/c18-12-6-8-13(9-7-12)20-16(23)19-10-3-11-22-15-5-2-1-4-14(15)21-17(22)24/h1-2,4-9H,3,10-11H2,(H,21,24)(H2,19,20,23). The van der Waals surface area contributed by atoms with Crippen molar-refractivity contribution in [2.24, 2.45) is 0 Å². The number of imidazole rings is 1. The number of H-pyrrole nitrogens is 1. The summed E-state index contributed by atoms with van der Waals surface area (Å²) in [4.78, 5) is 26.6. The Labute approximate surface area is 143 Å². The van der Waals surface area contributed by atoms with Crippen LogP contribution in [0, 0.1) is 0 Å². The number of anilines is 1. The summed E-state index contributed by atoms with van der Waals surface area (Å²) in [5.41, 5.74) is 2.22. The molecule has 0 fully saturated rings. The van der Waals surface area contributed by atoms with Gasteiger partial charge in [-0.1, -0.05) is 23.7 Å². The minimum Gasteiger partial charge on any atom is -0.338 e. The predicted molar refractivity (Wildman–Crippen MR) is 95.6 cm³/mol. The number of carbonyl (C=O) groups is 1. The number of aromatic nitrogens is 2. The van der Waals surface area contributed by atoms with Crippen molar-refractivity contribution < 1.29 is 4.79 Å². The highest BCUT2D eigenvalue weighted by Gasteiger charge is 2.06. The second-order valence-corrected chi connectivity index (χ2v) is 5.78. The maximum Gasteiger partial charge on any atom is 0.326 e. The van der Waals surface area contributed by atoms with Gasteiger partial charge in [-0.25, -0.2) is 9.59 Å². The zero-order valence-corrected chi connectivity index (χ0v) is 13.6. The number of halogens is 1. The first-order valence-electron chi connectivity index (χ1n) is 7.61. The lowest BCUT2D eigenvalue weighted by Crippen LogP contribution is -2.30. The van der Waals surface area contributed by atoms with Gasteiger partial charge in [-0.15, -0.1) is 0 Å². The lowest BCUT2D eigenvalue weighted by Gasteiger charge is -2.08. The molecule has 3 rings (SSSR count). The maximum atomic E-state index is 11.9. The Balaban J connectivity index is 1.49. The van der Waals surface area contributed by atoms with E-state index in [1.165, 1.54) is 0 Å². The fraction of sp³-hybridized carbons (Fsp3) is 0.176. The van der Waals surface area contributed by atoms with Gasteiger partial charge in [0.25, 0.3) is 0 Å². The molecule has 3 N–H and O–H groups in total. The lowest BCUT2D eigenvalue weighted by atomic mass is 10.3. The van der Waals surface area contributed by atoms with E-state index in [1.54, 1.807) is 28.8 Å². The molecule has 24 heavy (non-hydrogen) atoms. The summed E-state index contributed by atoms with van der Waals surface area (Å²) in [5, 5.41) is 6.10. The summed E-state index contributed by atoms with van der Waals surface area (Å²) in [6, 6.07) is 14.1. The van der Waals surface area contributed by atoms with Crippen LogP contribution in [0.4, 0.5) is 10.5 Å². The number of para-hydroxylation sites is 2. The molecule has 0 saturated heterocycles. The Morgan fingerprint density at radius 1 is 1.12 bits per heavy atom. The quantitative estimate of drug-likeness (QED) is 0.621. The van der Waals surface area contributed by atoms with E-state index >= 15 is 0 Å². The summed E-state index contributed by atoms with van der Waals surface area (Å²) in [7, 11) is 0. The van der Waals surface area contributed by atoms with Gasteiger partial charge in [-0.2, -0.15) is 0 Å². The summed E-state index contributed by atoms with van der Waals surface area (Å²) in [6.07, 6.45) is 0.649. The molecule has 0 atom stereocenters. The van der Waals surface area contributed by atoms with Crippen molar-refractivity contribution in [2.75, 3.05) is 11.9 Å². The van der Waals surface area contributed by atoms with Gasteiger partial charge in [-0.3, -0.25) is 4.57 Å². The highest BCUT2D eigenvalue weighted by atomic mass is 35.5. The lowest BCUT2D eigenvalue weighted by molar-refractivity contribution is 0.252. The van der Waals surface area contributed by atoms with Crippen molar-refractivity contribution in [1.29, 1.82) is 0 Å². The second-order valence-electron chi connectivity index (χ2n) is 5.34. The zero-order chi connectivity index (χ0) is 16.9. The minimum absolute atomic E-state index is 0.137. The molecule has 124 valence electrons. The van der Waals surface area contributed by atoms with Crippen LogP contribution in [0.5, 0.6) is 0 Å². The Kier molecular flexibility index (Phi) is 4.86. The first-order valence-corrected chi connectivity index (χ1v) is 7.99. The second kappa shape index (κ2) is 7.23. The van der Waals surface area contributed by atoms with Crippen LogP contribution >= 0.6 is 11.6 Å². The molecule has 2 aromatic carbocycles. The smallest absolute Gasteiger partial charge is 0.326 e. The molecular weight excluding hydrogens is 328 g/mol. The monoisotopic (exact) mass is 344 g/mol. The number of aryl methyl sites for hydroxylation is 1. The Morgan fingerprint density at radius 2 is 1.88 bits per heavy atom. The van der Waals surface area contributed by atoms with Gasteiger partial charge in [0.1, 0.15) is 0 Å². The molecule has 6 nitrogen and oxygen atoms in total. The Morgan fingerprint density at radius 3 is 2.67 bits per heavy atom. The highest BCUT2D eigenvalue weighted by Crippen LogP contribution is 2.13. The number of rotatable bonds is 5. The number of hydrogen-bond donors (Lipinski definition) is 3. The average molecular weight is 345 g/mol. The molecule has 0 spiro atoms. The largest absolute Gasteiger partial charge is 0.338 e. The molecule has 0 unspecified atom stereocenters. The molecule has 7 heteroatoms. The van der Waals surface area contributed by atoms with Gasteiger partial charge >= 0.3 is 11.7 Å². The van der Waals surface area contributed by atoms with E-state index in [1.807, 2.05) is 24.3 Å². The molecule has 1 heterocycles. The van der Waals surface area contributed by atoms with Crippen LogP contribution in [0.25, 0.3) is 11.0 Å². The fourth-order valence-corrected chi connectivity index (χ4v) is 2.60. The molecular formula is C17H17ClN4O2. The zero-order valence-electron chi connectivity index (χ0n) is 12.9. The molecule has 0 radical (unpaired) electrons. The number of nitrogens with zero attached hydrogens (tertiary/aromatic N) is 1. The average Bonchev–Trinajstić information content (AvgIpc) is 2.89. The van der Waals surface area contributed by atoms with Crippen LogP contribution in [-0.2, 0) is 6.54 Å². The predicted octanol–water partition coefficient (Wildman–Crippen LogP) is 3.19. The summed E-state index contributed by atoms with van der Waals surface area (Å²) >= 11 is 5.79. The number of benzene rings is 2. The first-order chi connectivity index (χ1) is 11.6. The van der Waals surface area contributed by atoms with Crippen LogP contribution in [0.3, 0.4) is 0 Å². The number of urea groups is 1. The van der Waals surface area contributed by atoms with Crippen molar-refractivity contribution in [3.8, 4) is 0 Å². The Hall–Kier alpha value is -2.73. The number of carbonyl (C=O) groups excluding carboxylic acids is 1. The fourth-order valence-electron chi connectivity index (χ4n) is 2.48. The van der Waals surface area contributed by atoms with E-state index < -0.39 is 0 Å². The van der Waals surface area contributed by atoms with Crippen molar-refractivity contribution in [1.82, 2.24) is 14.9 Å². The van der Waals surface area contributed by atoms with E-state index in [4.69, 9.17) is 11.6 Å². The topological polar surface area (TPSA) is 78.9 Å². The summed E-state index contributed by atoms with van der Waals surface area (Å²) in [5.74, 6) is 0. The molecule has 0 bridgehead atoms. The maximum absolute atomic E-state index is 11.9. The van der Waals surface area contributed by atoms with Crippen molar-refractivity contribution in [3.05, 3.63) is 64.0 Å². The van der Waals surface area contributed by atoms with Crippen molar-refractivity contribution >= 4 is 34.4 Å². The van der Waals surface area contributed by atoms with E-state index in [0.29, 0.717) is 30.2 Å². The van der Waals surface area contributed by atoms with Crippen LogP contribution in [0.15, 0.2) is 53.3 Å². The van der Waals surface area contributed by atoms with Crippen molar-refractivity contribution in [3.63, 3.8) is 0 Å². The van der Waals surface area contributed by atoms with E-state index in [2.05, 4.69) is 15.6 Å². The summed E-state index contributed by atoms with van der Waals surface area (Å²) < 4.78 is 1.67. The number of amides is 2. The summed E-state index contributed by atoms with van der Waals surface area (Å²) in [6.45, 7) is 0.995. The van der Waals surface area contributed by atoms with Gasteiger partial charge in [0.2, 0.25) is 0 Å². The van der Waals surface area contributed by atoms with Gasteiger partial charge < -0.3 is 15.6 Å². The molecule has 3 aromatic rings. The number of hydrogen-bond acceptors (Lipinski definition) is 2. The van der Waals surface area contributed by atoms with Crippen LogP contribution in [0.2, 0.25) is 5.02 Å². The van der Waals surface area contributed by atoms with E-state index in [9.17, 15) is 9.59 Å². The first kappa shape index (κ1) is 16.1. The third kappa shape index (κ3) is 3.78. The van der Waals surface area contributed by atoms with Crippen LogP contribution < -0.4 is 16.3 Å². The van der Waals surface area contributed by atoms with E-state index in [-0.39, 0.29) is 11.7 Å². The van der Waals surface area contributed by atoms with Crippen molar-refractivity contribution in [2.45, 2.75) is 13.0 Å². The SMILES string of the molecule is O=C(NCCCn1c(=O)[nH]c2ccccc21)Nc1ccc(Cl)cc1.